The second-order valence-corrected chi connectivity index (χ2v) is 13.9. The van der Waals surface area contributed by atoms with Crippen molar-refractivity contribution in [2.75, 3.05) is 13.1 Å². The number of hydrogen-bond acceptors (Lipinski definition) is 7. The van der Waals surface area contributed by atoms with Crippen LogP contribution < -0.4 is 0 Å². The van der Waals surface area contributed by atoms with Crippen LogP contribution in [-0.4, -0.2) is 55.3 Å². The lowest BCUT2D eigenvalue weighted by atomic mass is 9.99. The number of benzene rings is 3. The molecular weight excluding hydrogens is 657 g/mol. The Hall–Kier alpha value is -5.12. The van der Waals surface area contributed by atoms with Crippen LogP contribution >= 0.6 is 11.7 Å². The fraction of sp³-hybridized carbons (Fsp3) is 0.381. The van der Waals surface area contributed by atoms with Crippen LogP contribution in [-0.2, 0) is 0 Å². The van der Waals surface area contributed by atoms with Crippen molar-refractivity contribution in [1.29, 1.82) is 0 Å². The summed E-state index contributed by atoms with van der Waals surface area (Å²) in [6, 6.07) is 14.0. The molecule has 2 aliphatic rings. The van der Waals surface area contributed by atoms with Crippen LogP contribution in [0.15, 0.2) is 48.5 Å². The third-order valence-corrected chi connectivity index (χ3v) is 10.5. The zero-order valence-electron chi connectivity index (χ0n) is 29.7. The van der Waals surface area contributed by atoms with Crippen molar-refractivity contribution in [3.63, 3.8) is 0 Å². The van der Waals surface area contributed by atoms with E-state index in [4.69, 9.17) is 0 Å². The summed E-state index contributed by atoms with van der Waals surface area (Å²) < 4.78 is 8.97. The maximum atomic E-state index is 13.3. The standard InChI is InChI=1S/C42H42N4O4S/c1-5-9-11-27(7-3)25-45-39(47)33-21-15-29(23-35(33)41(45)49)13-17-31-19-20-32(38-37(31)43-51-44-38)18-14-30-16-22-34-36(24-30)42(50)46(40(34)48)26-28(8-4)12-10-6-2/h15-16,19-24,27-28H,5-12,25-26H2,1-4H3. The fourth-order valence-electron chi connectivity index (χ4n) is 6.77. The molecule has 9 heteroatoms. The molecule has 51 heavy (non-hydrogen) atoms. The minimum Gasteiger partial charge on any atom is -0.274 e. The second-order valence-electron chi connectivity index (χ2n) is 13.4. The number of fused-ring (bicyclic) bond motifs is 3. The summed E-state index contributed by atoms with van der Waals surface area (Å²) in [5, 5.41) is 0. The molecule has 0 spiro atoms. The van der Waals surface area contributed by atoms with E-state index in [0.29, 0.717) is 80.5 Å². The Labute approximate surface area is 304 Å². The van der Waals surface area contributed by atoms with E-state index >= 15 is 0 Å². The first-order valence-electron chi connectivity index (χ1n) is 18.1. The summed E-state index contributed by atoms with van der Waals surface area (Å²) in [5.41, 5.74) is 5.47. The van der Waals surface area contributed by atoms with E-state index in [0.717, 1.165) is 63.1 Å². The molecule has 2 aliphatic heterocycles. The molecule has 0 fully saturated rings. The van der Waals surface area contributed by atoms with Gasteiger partial charge in [0.2, 0.25) is 0 Å². The predicted octanol–water partition coefficient (Wildman–Crippen LogP) is 8.12. The Balaban J connectivity index is 1.19. The van der Waals surface area contributed by atoms with E-state index in [2.05, 4.69) is 60.1 Å². The van der Waals surface area contributed by atoms with Crippen molar-refractivity contribution in [1.82, 2.24) is 18.5 Å². The van der Waals surface area contributed by atoms with Gasteiger partial charge >= 0.3 is 0 Å². The Morgan fingerprint density at radius 2 is 0.980 bits per heavy atom. The summed E-state index contributed by atoms with van der Waals surface area (Å²) in [7, 11) is 0. The SMILES string of the molecule is CCCCC(CC)CN1C(=O)c2ccc(C#Cc3ccc(C#Cc4ccc5c(c4)C(=O)N(CC(CC)CCCC)C5=O)c4nsnc34)cc2C1=O. The summed E-state index contributed by atoms with van der Waals surface area (Å²) in [4.78, 5) is 55.5. The molecule has 0 bridgehead atoms. The molecule has 0 N–H and O–H groups in total. The molecule has 4 amide bonds. The minimum atomic E-state index is -0.258. The first-order valence-corrected chi connectivity index (χ1v) is 18.8. The van der Waals surface area contributed by atoms with Crippen LogP contribution in [0.3, 0.4) is 0 Å². The van der Waals surface area contributed by atoms with Gasteiger partial charge in [0.15, 0.2) is 0 Å². The van der Waals surface area contributed by atoms with E-state index in [1.54, 1.807) is 36.4 Å². The average Bonchev–Trinajstić information content (AvgIpc) is 3.80. The predicted molar refractivity (Wildman–Crippen MR) is 200 cm³/mol. The zero-order chi connectivity index (χ0) is 36.1. The molecule has 0 radical (unpaired) electrons. The van der Waals surface area contributed by atoms with Crippen LogP contribution in [0.2, 0.25) is 0 Å². The second kappa shape index (κ2) is 15.8. The lowest BCUT2D eigenvalue weighted by Gasteiger charge is -2.21. The molecular formula is C42H42N4O4S. The number of carbonyl (C=O) groups excluding carboxylic acids is 4. The fourth-order valence-corrected chi connectivity index (χ4v) is 7.34. The molecule has 260 valence electrons. The van der Waals surface area contributed by atoms with E-state index < -0.39 is 0 Å². The molecule has 3 heterocycles. The van der Waals surface area contributed by atoms with E-state index in [1.807, 2.05) is 12.1 Å². The summed E-state index contributed by atoms with van der Waals surface area (Å²) in [6.45, 7) is 9.38. The number of unbranched alkanes of at least 4 members (excludes halogenated alkanes) is 2. The van der Waals surface area contributed by atoms with Gasteiger partial charge in [-0.15, -0.1) is 0 Å². The number of hydrogen-bond donors (Lipinski definition) is 0. The monoisotopic (exact) mass is 698 g/mol. The van der Waals surface area contributed by atoms with Gasteiger partial charge in [-0.05, 0) is 73.2 Å². The lowest BCUT2D eigenvalue weighted by Crippen LogP contribution is -2.34. The van der Waals surface area contributed by atoms with E-state index in [-0.39, 0.29) is 23.6 Å². The van der Waals surface area contributed by atoms with Gasteiger partial charge in [-0.3, -0.25) is 29.0 Å². The van der Waals surface area contributed by atoms with Crippen molar-refractivity contribution in [3.05, 3.63) is 93.0 Å². The van der Waals surface area contributed by atoms with Crippen molar-refractivity contribution < 1.29 is 19.2 Å². The molecule has 2 atom stereocenters. The molecule has 1 aromatic heterocycles. The number of aromatic nitrogens is 2. The molecule has 8 nitrogen and oxygen atoms in total. The quantitative estimate of drug-likeness (QED) is 0.109. The number of carbonyl (C=O) groups is 4. The van der Waals surface area contributed by atoms with Crippen molar-refractivity contribution in [2.24, 2.45) is 11.8 Å². The molecule has 3 aromatic carbocycles. The van der Waals surface area contributed by atoms with Gasteiger partial charge in [0, 0.05) is 24.2 Å². The summed E-state index contributed by atoms with van der Waals surface area (Å²) >= 11 is 1.07. The van der Waals surface area contributed by atoms with Crippen LogP contribution in [0.5, 0.6) is 0 Å². The zero-order valence-corrected chi connectivity index (χ0v) is 30.5. The third-order valence-electron chi connectivity index (χ3n) is 10.0. The minimum absolute atomic E-state index is 0.235. The molecule has 4 aromatic rings. The van der Waals surface area contributed by atoms with Gasteiger partial charge in [0.05, 0.1) is 45.1 Å². The molecule has 0 saturated heterocycles. The van der Waals surface area contributed by atoms with Gasteiger partial charge in [-0.25, -0.2) is 0 Å². The van der Waals surface area contributed by atoms with Crippen molar-refractivity contribution in [2.45, 2.75) is 79.1 Å². The normalized spacial score (nSPS) is 14.7. The first-order chi connectivity index (χ1) is 24.8. The van der Waals surface area contributed by atoms with Gasteiger partial charge in [0.25, 0.3) is 23.6 Å². The van der Waals surface area contributed by atoms with Gasteiger partial charge in [-0.1, -0.05) is 89.9 Å². The number of amides is 4. The molecule has 0 aliphatic carbocycles. The number of rotatable bonds is 12. The van der Waals surface area contributed by atoms with Crippen molar-refractivity contribution >= 4 is 46.4 Å². The van der Waals surface area contributed by atoms with Crippen LogP contribution in [0, 0.1) is 35.5 Å². The first kappa shape index (κ1) is 35.7. The Kier molecular flexibility index (Phi) is 11.1. The van der Waals surface area contributed by atoms with Gasteiger partial charge in [0.1, 0.15) is 11.0 Å². The average molecular weight is 699 g/mol. The molecule has 6 rings (SSSR count). The van der Waals surface area contributed by atoms with Gasteiger partial charge < -0.3 is 0 Å². The summed E-state index contributed by atoms with van der Waals surface area (Å²) in [6.07, 6.45) is 8.16. The van der Waals surface area contributed by atoms with Crippen LogP contribution in [0.1, 0.15) is 143 Å². The Bertz CT molecular complexity index is 2000. The highest BCUT2D eigenvalue weighted by molar-refractivity contribution is 7.00. The van der Waals surface area contributed by atoms with Crippen molar-refractivity contribution in [3.8, 4) is 23.7 Å². The largest absolute Gasteiger partial charge is 0.274 e. The maximum absolute atomic E-state index is 13.3. The van der Waals surface area contributed by atoms with Gasteiger partial charge in [-0.2, -0.15) is 8.75 Å². The topological polar surface area (TPSA) is 101 Å². The third kappa shape index (κ3) is 7.36. The lowest BCUT2D eigenvalue weighted by molar-refractivity contribution is 0.0609. The van der Waals surface area contributed by atoms with E-state index in [1.165, 1.54) is 9.80 Å². The molecule has 2 unspecified atom stereocenters. The Morgan fingerprint density at radius 1 is 0.569 bits per heavy atom. The van der Waals surface area contributed by atoms with Crippen LogP contribution in [0.25, 0.3) is 11.0 Å². The maximum Gasteiger partial charge on any atom is 0.261 e. The van der Waals surface area contributed by atoms with E-state index in [9.17, 15) is 19.2 Å². The smallest absolute Gasteiger partial charge is 0.261 e. The van der Waals surface area contributed by atoms with Crippen LogP contribution in [0.4, 0.5) is 0 Å². The Morgan fingerprint density at radius 3 is 1.37 bits per heavy atom. The number of nitrogens with zero attached hydrogens (tertiary/aromatic N) is 4. The number of imide groups is 2. The highest BCUT2D eigenvalue weighted by Gasteiger charge is 2.37. The molecule has 0 saturated carbocycles. The highest BCUT2D eigenvalue weighted by atomic mass is 32.1. The summed E-state index contributed by atoms with van der Waals surface area (Å²) in [5.74, 6) is 12.2. The highest BCUT2D eigenvalue weighted by Crippen LogP contribution is 2.29.